The zero-order chi connectivity index (χ0) is 22.6. The number of benzene rings is 2. The number of hydrogen-bond donors (Lipinski definition) is 1. The second-order valence-corrected chi connectivity index (χ2v) is 7.89. The van der Waals surface area contributed by atoms with Crippen LogP contribution in [-0.4, -0.2) is 36.5 Å². The molecule has 0 unspecified atom stereocenters. The highest BCUT2D eigenvalue weighted by atomic mass is 19.1. The predicted molar refractivity (Wildman–Crippen MR) is 113 cm³/mol. The van der Waals surface area contributed by atoms with E-state index >= 15 is 0 Å². The van der Waals surface area contributed by atoms with E-state index in [0.717, 1.165) is 0 Å². The van der Waals surface area contributed by atoms with Crippen molar-refractivity contribution >= 4 is 29.2 Å². The summed E-state index contributed by atoms with van der Waals surface area (Å²) in [6.07, 6.45) is -0.279. The van der Waals surface area contributed by atoms with E-state index in [1.165, 1.54) is 4.90 Å². The number of alkyl carbamates (subject to hydrolysis) is 1. The van der Waals surface area contributed by atoms with E-state index in [0.29, 0.717) is 29.0 Å². The number of carbonyl (C=O) groups is 3. The molecule has 2 aromatic rings. The normalized spacial score (nSPS) is 13.8. The van der Waals surface area contributed by atoms with Gasteiger partial charge in [0.2, 0.25) is 0 Å². The summed E-state index contributed by atoms with van der Waals surface area (Å²) < 4.78 is 23.8. The Balaban J connectivity index is 1.59. The number of ether oxygens (including phenoxy) is 2. The van der Waals surface area contributed by atoms with Crippen LogP contribution in [0, 0.1) is 0 Å². The van der Waals surface area contributed by atoms with Gasteiger partial charge in [0.25, 0.3) is 5.78 Å². The fourth-order valence-electron chi connectivity index (χ4n) is 2.93. The van der Waals surface area contributed by atoms with Gasteiger partial charge in [0.15, 0.2) is 0 Å². The minimum atomic E-state index is -0.652. The fraction of sp³-hybridized carbons (Fsp3) is 0.261. The third kappa shape index (κ3) is 5.28. The van der Waals surface area contributed by atoms with E-state index in [-0.39, 0.29) is 18.7 Å². The van der Waals surface area contributed by atoms with Crippen LogP contribution in [0.25, 0.3) is 0 Å². The highest BCUT2D eigenvalue weighted by Crippen LogP contribution is 2.35. The molecule has 3 rings (SSSR count). The van der Waals surface area contributed by atoms with Crippen LogP contribution in [0.5, 0.6) is 5.75 Å². The fourth-order valence-corrected chi connectivity index (χ4v) is 2.93. The van der Waals surface area contributed by atoms with E-state index in [4.69, 9.17) is 9.47 Å². The number of amides is 2. The average Bonchev–Trinajstić information content (AvgIpc) is 2.98. The van der Waals surface area contributed by atoms with Crippen LogP contribution in [0.3, 0.4) is 0 Å². The second-order valence-electron chi connectivity index (χ2n) is 7.89. The van der Waals surface area contributed by atoms with Crippen molar-refractivity contribution in [2.24, 2.45) is 0 Å². The van der Waals surface area contributed by atoms with Gasteiger partial charge in [-0.3, -0.25) is 14.5 Å². The van der Waals surface area contributed by atoms with Gasteiger partial charge in [-0.25, -0.2) is 9.18 Å². The largest absolute Gasteiger partial charge is 0.489 e. The number of halogens is 1. The SMILES string of the molecule is CC(C)(C)OC(=O)NC/C(=C\F)COc1ccc(N2C(=O)C(=O)c3ccccc32)cc1. The van der Waals surface area contributed by atoms with Gasteiger partial charge in [-0.15, -0.1) is 0 Å². The molecule has 162 valence electrons. The summed E-state index contributed by atoms with van der Waals surface area (Å²) in [4.78, 5) is 37.5. The van der Waals surface area contributed by atoms with E-state index in [1.807, 2.05) is 0 Å². The summed E-state index contributed by atoms with van der Waals surface area (Å²) in [5, 5.41) is 2.47. The molecule has 0 radical (unpaired) electrons. The first-order valence-electron chi connectivity index (χ1n) is 9.65. The Morgan fingerprint density at radius 1 is 1.10 bits per heavy atom. The third-order valence-corrected chi connectivity index (χ3v) is 4.32. The molecule has 0 spiro atoms. The van der Waals surface area contributed by atoms with Crippen LogP contribution in [0.2, 0.25) is 0 Å². The number of fused-ring (bicyclic) bond motifs is 1. The van der Waals surface area contributed by atoms with E-state index < -0.39 is 23.4 Å². The lowest BCUT2D eigenvalue weighted by atomic mass is 10.1. The molecule has 0 bridgehead atoms. The maximum atomic E-state index is 13.1. The smallest absolute Gasteiger partial charge is 0.407 e. The summed E-state index contributed by atoms with van der Waals surface area (Å²) in [6, 6.07) is 13.3. The van der Waals surface area contributed by atoms with E-state index in [2.05, 4.69) is 5.32 Å². The lowest BCUT2D eigenvalue weighted by Gasteiger charge is -2.20. The Bertz CT molecular complexity index is 1030. The maximum absolute atomic E-state index is 13.1. The molecular formula is C23H23FN2O5. The molecule has 31 heavy (non-hydrogen) atoms. The maximum Gasteiger partial charge on any atom is 0.407 e. The van der Waals surface area contributed by atoms with E-state index in [1.54, 1.807) is 69.3 Å². The highest BCUT2D eigenvalue weighted by Gasteiger charge is 2.36. The molecule has 0 atom stereocenters. The van der Waals surface area contributed by atoms with Crippen molar-refractivity contribution < 1.29 is 28.2 Å². The quantitative estimate of drug-likeness (QED) is 0.696. The number of ketones is 1. The lowest BCUT2D eigenvalue weighted by molar-refractivity contribution is -0.113. The lowest BCUT2D eigenvalue weighted by Crippen LogP contribution is -2.34. The first kappa shape index (κ1) is 22.0. The van der Waals surface area contributed by atoms with Crippen molar-refractivity contribution in [3.8, 4) is 5.75 Å². The number of nitrogens with zero attached hydrogens (tertiary/aromatic N) is 1. The van der Waals surface area contributed by atoms with Gasteiger partial charge in [0.05, 0.1) is 17.6 Å². The molecule has 1 heterocycles. The number of hydrogen-bond acceptors (Lipinski definition) is 5. The molecule has 2 amide bonds. The van der Waals surface area contributed by atoms with Gasteiger partial charge in [-0.2, -0.15) is 0 Å². The van der Waals surface area contributed by atoms with Crippen LogP contribution in [0.15, 0.2) is 60.4 Å². The van der Waals surface area contributed by atoms with Crippen molar-refractivity contribution in [2.75, 3.05) is 18.1 Å². The molecule has 0 saturated carbocycles. The summed E-state index contributed by atoms with van der Waals surface area (Å²) in [5.74, 6) is -0.733. The van der Waals surface area contributed by atoms with Crippen LogP contribution in [0.1, 0.15) is 31.1 Å². The van der Waals surface area contributed by atoms with Crippen molar-refractivity contribution in [3.05, 3.63) is 66.0 Å². The molecule has 8 heteroatoms. The predicted octanol–water partition coefficient (Wildman–Crippen LogP) is 4.30. The monoisotopic (exact) mass is 426 g/mol. The molecule has 0 aliphatic carbocycles. The van der Waals surface area contributed by atoms with Crippen LogP contribution < -0.4 is 15.0 Å². The summed E-state index contributed by atoms with van der Waals surface area (Å²) in [6.45, 7) is 5.04. The first-order valence-corrected chi connectivity index (χ1v) is 9.65. The topological polar surface area (TPSA) is 84.9 Å². The number of para-hydroxylation sites is 1. The van der Waals surface area contributed by atoms with Gasteiger partial charge >= 0.3 is 12.0 Å². The van der Waals surface area contributed by atoms with Crippen LogP contribution >= 0.6 is 0 Å². The van der Waals surface area contributed by atoms with Crippen LogP contribution in [0.4, 0.5) is 20.6 Å². The second kappa shape index (κ2) is 8.99. The van der Waals surface area contributed by atoms with Gasteiger partial charge in [0.1, 0.15) is 18.0 Å². The Labute approximate surface area is 179 Å². The Kier molecular flexibility index (Phi) is 6.39. The zero-order valence-electron chi connectivity index (χ0n) is 17.5. The first-order chi connectivity index (χ1) is 14.7. The molecular weight excluding hydrogens is 403 g/mol. The molecule has 0 saturated heterocycles. The summed E-state index contributed by atoms with van der Waals surface area (Å²) in [5.41, 5.74) is 0.974. The van der Waals surface area contributed by atoms with Crippen LogP contribution in [-0.2, 0) is 9.53 Å². The Morgan fingerprint density at radius 3 is 2.42 bits per heavy atom. The molecule has 0 fully saturated rings. The highest BCUT2D eigenvalue weighted by molar-refractivity contribution is 6.53. The zero-order valence-corrected chi connectivity index (χ0v) is 17.5. The number of nitrogens with one attached hydrogen (secondary N) is 1. The average molecular weight is 426 g/mol. The molecule has 2 aromatic carbocycles. The Hall–Kier alpha value is -3.68. The number of rotatable bonds is 6. The van der Waals surface area contributed by atoms with E-state index in [9.17, 15) is 18.8 Å². The van der Waals surface area contributed by atoms with Crippen molar-refractivity contribution in [3.63, 3.8) is 0 Å². The molecule has 1 aliphatic heterocycles. The number of Topliss-reactive ketones (excluding diaryl/α,β-unsaturated/α-hetero) is 1. The molecule has 0 aromatic heterocycles. The van der Waals surface area contributed by atoms with Gasteiger partial charge in [-0.1, -0.05) is 12.1 Å². The third-order valence-electron chi connectivity index (χ3n) is 4.32. The number of carbonyl (C=O) groups excluding carboxylic acids is 3. The minimum absolute atomic E-state index is 0.0648. The van der Waals surface area contributed by atoms with Crippen molar-refractivity contribution in [2.45, 2.75) is 26.4 Å². The van der Waals surface area contributed by atoms with Crippen molar-refractivity contribution in [1.82, 2.24) is 5.32 Å². The molecule has 1 aliphatic rings. The van der Waals surface area contributed by atoms with Gasteiger partial charge in [0, 0.05) is 17.8 Å². The van der Waals surface area contributed by atoms with Gasteiger partial charge in [-0.05, 0) is 57.2 Å². The standard InChI is InChI=1S/C23H23FN2O5/c1-23(2,3)31-22(29)25-13-15(12-24)14-30-17-10-8-16(9-11-17)26-19-7-5-4-6-18(19)20(27)21(26)28/h4-12H,13-14H2,1-3H3,(H,25,29)/b15-12+. The summed E-state index contributed by atoms with van der Waals surface area (Å²) in [7, 11) is 0. The summed E-state index contributed by atoms with van der Waals surface area (Å²) >= 11 is 0. The molecule has 7 nitrogen and oxygen atoms in total. The minimum Gasteiger partial charge on any atom is -0.489 e. The molecule has 1 N–H and O–H groups in total. The van der Waals surface area contributed by atoms with Gasteiger partial charge < -0.3 is 14.8 Å². The Morgan fingerprint density at radius 2 is 1.77 bits per heavy atom. The van der Waals surface area contributed by atoms with Crippen molar-refractivity contribution in [1.29, 1.82) is 0 Å². The number of anilines is 2.